The zero-order chi connectivity index (χ0) is 19.1. The molecule has 1 aliphatic carbocycles. The fourth-order valence-corrected chi connectivity index (χ4v) is 23.4. The summed E-state index contributed by atoms with van der Waals surface area (Å²) in [6.45, 7) is 25.5. The normalized spacial score (nSPS) is 28.9. The Morgan fingerprint density at radius 3 is 1.79 bits per heavy atom. The molecular formula is C20H48B2P2. The summed E-state index contributed by atoms with van der Waals surface area (Å²) in [6.07, 6.45) is 4.47. The maximum absolute atomic E-state index is 2.76. The second-order valence-corrected chi connectivity index (χ2v) is 24.2. The minimum atomic E-state index is -1.40. The van der Waals surface area contributed by atoms with E-state index in [4.69, 9.17) is 0 Å². The zero-order valence-electron chi connectivity index (χ0n) is 19.1. The van der Waals surface area contributed by atoms with Crippen LogP contribution in [0.5, 0.6) is 0 Å². The van der Waals surface area contributed by atoms with Crippen LogP contribution < -0.4 is 0 Å². The SMILES string of the molecule is B[PH](C)(C[PH](B)(C(C)(C)C)C(C)(C)C)[C@@H]1C[C@H](C)CC[C@H]1C(C)C. The Morgan fingerprint density at radius 2 is 1.42 bits per heavy atom. The van der Waals surface area contributed by atoms with Crippen LogP contribution in [0.4, 0.5) is 0 Å². The van der Waals surface area contributed by atoms with Gasteiger partial charge in [0.25, 0.3) is 0 Å². The number of hydrogen-bond donors (Lipinski definition) is 0. The summed E-state index contributed by atoms with van der Waals surface area (Å²) in [6, 6.07) is 0. The molecule has 1 rings (SSSR count). The van der Waals surface area contributed by atoms with Crippen LogP contribution in [0.25, 0.3) is 0 Å². The van der Waals surface area contributed by atoms with E-state index in [1.54, 1.807) is 5.90 Å². The van der Waals surface area contributed by atoms with E-state index in [9.17, 15) is 0 Å². The molecule has 0 radical (unpaired) electrons. The molecule has 144 valence electrons. The van der Waals surface area contributed by atoms with Crippen molar-refractivity contribution in [3.05, 3.63) is 0 Å². The summed E-state index contributed by atoms with van der Waals surface area (Å²) >= 11 is 0. The summed E-state index contributed by atoms with van der Waals surface area (Å²) in [5, 5.41) is 0.978. The van der Waals surface area contributed by atoms with Gasteiger partial charge in [-0.1, -0.05) is 0 Å². The Morgan fingerprint density at radius 1 is 0.958 bits per heavy atom. The molecule has 3 atom stereocenters. The molecule has 0 bridgehead atoms. The summed E-state index contributed by atoms with van der Waals surface area (Å²) in [5.41, 5.74) is 1.04. The molecule has 0 aromatic heterocycles. The van der Waals surface area contributed by atoms with Gasteiger partial charge in [-0.3, -0.25) is 0 Å². The molecule has 0 nitrogen and oxygen atoms in total. The first-order valence-corrected chi connectivity index (χ1v) is 16.5. The van der Waals surface area contributed by atoms with Gasteiger partial charge in [-0.2, -0.15) is 0 Å². The molecule has 1 fully saturated rings. The second kappa shape index (κ2) is 7.55. The fraction of sp³-hybridized carbons (Fsp3) is 1.00. The van der Waals surface area contributed by atoms with E-state index in [-0.39, 0.29) is 0 Å². The molecule has 0 aromatic carbocycles. The van der Waals surface area contributed by atoms with Crippen molar-refractivity contribution in [3.8, 4) is 0 Å². The van der Waals surface area contributed by atoms with E-state index in [2.05, 4.69) is 84.1 Å². The molecule has 0 unspecified atom stereocenters. The Labute approximate surface area is 157 Å². The van der Waals surface area contributed by atoms with Crippen LogP contribution in [0.3, 0.4) is 0 Å². The van der Waals surface area contributed by atoms with E-state index in [0.29, 0.717) is 10.3 Å². The zero-order valence-corrected chi connectivity index (χ0v) is 21.1. The summed E-state index contributed by atoms with van der Waals surface area (Å²) < 4.78 is 0. The summed E-state index contributed by atoms with van der Waals surface area (Å²) in [5.74, 6) is 4.41. The average molecular weight is 372 g/mol. The van der Waals surface area contributed by atoms with Crippen molar-refractivity contribution in [2.24, 2.45) is 17.8 Å². The third-order valence-electron chi connectivity index (χ3n) is 8.15. The average Bonchev–Trinajstić information content (AvgIpc) is 2.34. The van der Waals surface area contributed by atoms with Crippen LogP contribution >= 0.6 is 14.3 Å². The van der Waals surface area contributed by atoms with Crippen LogP contribution in [0.15, 0.2) is 0 Å². The van der Waals surface area contributed by atoms with E-state index in [0.717, 1.165) is 23.4 Å². The molecule has 1 saturated carbocycles. The van der Waals surface area contributed by atoms with E-state index in [1.165, 1.54) is 19.3 Å². The Kier molecular flexibility index (Phi) is 7.24. The van der Waals surface area contributed by atoms with Gasteiger partial charge in [-0.25, -0.2) is 0 Å². The number of hydrogen-bond acceptors (Lipinski definition) is 0. The van der Waals surface area contributed by atoms with Gasteiger partial charge in [0, 0.05) is 0 Å². The van der Waals surface area contributed by atoms with E-state index < -0.39 is 14.3 Å². The monoisotopic (exact) mass is 372 g/mol. The Balaban J connectivity index is 3.20. The van der Waals surface area contributed by atoms with Gasteiger partial charge < -0.3 is 0 Å². The molecule has 4 heteroatoms. The summed E-state index contributed by atoms with van der Waals surface area (Å²) in [4.78, 5) is 0. The van der Waals surface area contributed by atoms with Crippen LogP contribution in [-0.2, 0) is 0 Å². The standard InChI is InChI=1S/C20H48B2P2/c1-15(2)17-12-11-16(3)13-18(17)23(10,21)14-24(22,19(4,5)6)20(7,8)9/h15-18,23-24H,11-14,21-22H2,1-10H3/t16-,17+,18-/m1/s1. The third-order valence-corrected chi connectivity index (χ3v) is 23.9. The third kappa shape index (κ3) is 4.83. The van der Waals surface area contributed by atoms with Gasteiger partial charge in [-0.15, -0.1) is 0 Å². The molecule has 0 aromatic rings. The Bertz CT molecular complexity index is 404. The van der Waals surface area contributed by atoms with Gasteiger partial charge >= 0.3 is 157 Å². The predicted octanol–water partition coefficient (Wildman–Crippen LogP) is 5.23. The van der Waals surface area contributed by atoms with Crippen LogP contribution in [0, 0.1) is 17.8 Å². The fourth-order valence-electron chi connectivity index (χ4n) is 5.80. The minimum absolute atomic E-state index is 0.489. The first-order valence-electron chi connectivity index (χ1n) is 10.5. The van der Waals surface area contributed by atoms with Gasteiger partial charge in [0.2, 0.25) is 0 Å². The molecule has 0 amide bonds. The first-order chi connectivity index (χ1) is 10.5. The molecule has 0 aliphatic heterocycles. The van der Waals surface area contributed by atoms with Crippen molar-refractivity contribution in [2.45, 2.75) is 97.5 Å². The van der Waals surface area contributed by atoms with E-state index >= 15 is 0 Å². The van der Waals surface area contributed by atoms with Crippen LogP contribution in [0.2, 0.25) is 0 Å². The molecule has 0 spiro atoms. The maximum atomic E-state index is 2.76. The van der Waals surface area contributed by atoms with Crippen molar-refractivity contribution >= 4 is 29.4 Å². The number of rotatable bonds is 4. The van der Waals surface area contributed by atoms with E-state index in [1.807, 2.05) is 0 Å². The molecule has 0 N–H and O–H groups in total. The van der Waals surface area contributed by atoms with Gasteiger partial charge in [-0.05, 0) is 0 Å². The first kappa shape index (κ1) is 23.0. The van der Waals surface area contributed by atoms with Crippen molar-refractivity contribution in [1.29, 1.82) is 0 Å². The van der Waals surface area contributed by atoms with Crippen molar-refractivity contribution in [2.75, 3.05) is 12.6 Å². The van der Waals surface area contributed by atoms with Crippen molar-refractivity contribution in [3.63, 3.8) is 0 Å². The van der Waals surface area contributed by atoms with Crippen LogP contribution in [-0.4, -0.2) is 43.7 Å². The molecular weight excluding hydrogens is 324 g/mol. The molecule has 0 saturated heterocycles. The predicted molar refractivity (Wildman–Crippen MR) is 129 cm³/mol. The quantitative estimate of drug-likeness (QED) is 0.469. The Hall–Kier alpha value is 0.990. The van der Waals surface area contributed by atoms with Gasteiger partial charge in [0.15, 0.2) is 0 Å². The molecule has 24 heavy (non-hydrogen) atoms. The van der Waals surface area contributed by atoms with Crippen molar-refractivity contribution in [1.82, 2.24) is 0 Å². The van der Waals surface area contributed by atoms with Crippen LogP contribution in [0.1, 0.15) is 81.6 Å². The molecule has 0 heterocycles. The molecule has 1 aliphatic rings. The van der Waals surface area contributed by atoms with Gasteiger partial charge in [0.05, 0.1) is 0 Å². The van der Waals surface area contributed by atoms with Crippen molar-refractivity contribution < 1.29 is 0 Å². The summed E-state index contributed by atoms with van der Waals surface area (Å²) in [7, 11) is 2.83. The second-order valence-electron chi connectivity index (χ2n) is 12.4. The topological polar surface area (TPSA) is 0 Å². The van der Waals surface area contributed by atoms with Gasteiger partial charge in [0.1, 0.15) is 0 Å².